The van der Waals surface area contributed by atoms with Gasteiger partial charge >= 0.3 is 24.1 Å². The first kappa shape index (κ1) is 58.7. The van der Waals surface area contributed by atoms with Crippen LogP contribution in [0.5, 0.6) is 5.75 Å². The number of hydrogen-bond acceptors (Lipinski definition) is 9. The Hall–Kier alpha value is -2.21. The number of aliphatic hydroxyl groups excluding tert-OH is 2. The van der Waals surface area contributed by atoms with Crippen molar-refractivity contribution in [1.29, 1.82) is 0 Å². The third kappa shape index (κ3) is 13.9. The van der Waals surface area contributed by atoms with E-state index in [2.05, 4.69) is 4.74 Å². The van der Waals surface area contributed by atoms with Crippen molar-refractivity contribution >= 4 is 21.6 Å². The van der Waals surface area contributed by atoms with Crippen molar-refractivity contribution in [2.75, 3.05) is 64.7 Å². The zero-order chi connectivity index (χ0) is 51.5. The SMILES string of the molecule is CN(CCCCCCSSCCOCCCC(CO)CO)Cc1c(F)c(F)c(COc2ccc3c(c2)CC[C@@H]2[C@@H]3CC[C@]3(C)[C@@H](OCCCOC(C(F)(F)F)(C(F)(F)F)C(F)(F)F)CC[C@@H]23)c(F)c1F. The van der Waals surface area contributed by atoms with Crippen molar-refractivity contribution in [1.82, 2.24) is 4.90 Å². The van der Waals surface area contributed by atoms with Crippen LogP contribution in [0, 0.1) is 46.4 Å². The summed E-state index contributed by atoms with van der Waals surface area (Å²) in [6, 6.07) is 5.23. The number of fused-ring (bicyclic) bond motifs is 5. The Bertz CT molecular complexity index is 1890. The normalized spacial score (nSPS) is 21.9. The molecule has 2 fully saturated rings. The van der Waals surface area contributed by atoms with Crippen LogP contribution >= 0.6 is 21.6 Å². The van der Waals surface area contributed by atoms with Crippen molar-refractivity contribution < 1.29 is 86.2 Å². The molecule has 0 aromatic heterocycles. The molecule has 0 radical (unpaired) electrons. The molecule has 22 heteroatoms. The Morgan fingerprint density at radius 2 is 1.37 bits per heavy atom. The molecule has 0 heterocycles. The number of aliphatic hydroxyl groups is 2. The van der Waals surface area contributed by atoms with Gasteiger partial charge < -0.3 is 34.1 Å². The van der Waals surface area contributed by atoms with Crippen LogP contribution in [0.1, 0.15) is 112 Å². The van der Waals surface area contributed by atoms with Gasteiger partial charge in [-0.25, -0.2) is 17.6 Å². The molecular weight excluding hydrogens is 998 g/mol. The van der Waals surface area contributed by atoms with E-state index in [4.69, 9.17) is 24.4 Å². The van der Waals surface area contributed by atoms with Crippen LogP contribution in [-0.4, -0.2) is 110 Å². The average molecular weight is 1060 g/mol. The zero-order valence-electron chi connectivity index (χ0n) is 39.3. The molecule has 0 bridgehead atoms. The number of benzene rings is 2. The van der Waals surface area contributed by atoms with Crippen molar-refractivity contribution in [3.8, 4) is 5.75 Å². The predicted octanol–water partition coefficient (Wildman–Crippen LogP) is 12.7. The van der Waals surface area contributed by atoms with E-state index in [9.17, 15) is 39.5 Å². The quantitative estimate of drug-likeness (QED) is 0.0375. The van der Waals surface area contributed by atoms with Gasteiger partial charge in [0.2, 0.25) is 0 Å². The predicted molar refractivity (Wildman–Crippen MR) is 240 cm³/mol. The first-order chi connectivity index (χ1) is 33.0. The van der Waals surface area contributed by atoms with Crippen LogP contribution in [0.15, 0.2) is 18.2 Å². The summed E-state index contributed by atoms with van der Waals surface area (Å²) in [5.74, 6) is -3.62. The number of nitrogens with zero attached hydrogens (tertiary/aromatic N) is 1. The summed E-state index contributed by atoms with van der Waals surface area (Å²) in [6.07, 6.45) is -12.5. The second-order valence-corrected chi connectivity index (χ2v) is 21.6. The third-order valence-corrected chi connectivity index (χ3v) is 16.8. The number of aryl methyl sites for hydroxylation is 1. The second-order valence-electron chi connectivity index (χ2n) is 18.9. The monoisotopic (exact) mass is 1060 g/mol. The second kappa shape index (κ2) is 25.8. The van der Waals surface area contributed by atoms with Crippen molar-refractivity contribution in [3.63, 3.8) is 0 Å². The molecule has 3 aliphatic carbocycles. The van der Waals surface area contributed by atoms with Gasteiger partial charge in [-0.3, -0.25) is 0 Å². The molecule has 5 atom stereocenters. The molecule has 2 N–H and O–H groups in total. The summed E-state index contributed by atoms with van der Waals surface area (Å²) in [5.41, 5.74) is -6.32. The number of ether oxygens (including phenoxy) is 4. The number of alkyl halides is 9. The summed E-state index contributed by atoms with van der Waals surface area (Å²) >= 11 is 0. The summed E-state index contributed by atoms with van der Waals surface area (Å²) in [6.45, 7) is 0.620. The van der Waals surface area contributed by atoms with Gasteiger partial charge in [-0.05, 0) is 131 Å². The summed E-state index contributed by atoms with van der Waals surface area (Å²) < 4.78 is 201. The van der Waals surface area contributed by atoms with Gasteiger partial charge in [0, 0.05) is 56.0 Å². The molecule has 2 aromatic carbocycles. The Balaban J connectivity index is 1.04. The van der Waals surface area contributed by atoms with Gasteiger partial charge in [-0.15, -0.1) is 0 Å². The third-order valence-electron chi connectivity index (χ3n) is 14.3. The van der Waals surface area contributed by atoms with Crippen LogP contribution in [0.4, 0.5) is 57.1 Å². The molecule has 0 saturated heterocycles. The minimum atomic E-state index is -6.80. The van der Waals surface area contributed by atoms with Gasteiger partial charge in [0.1, 0.15) is 12.4 Å². The molecule has 400 valence electrons. The average Bonchev–Trinajstić information content (AvgIpc) is 3.63. The first-order valence-electron chi connectivity index (χ1n) is 23.8. The van der Waals surface area contributed by atoms with Crippen LogP contribution in [0.2, 0.25) is 0 Å². The topological polar surface area (TPSA) is 80.6 Å². The molecular formula is C48H64F13NO6S2. The fourth-order valence-corrected chi connectivity index (χ4v) is 12.5. The van der Waals surface area contributed by atoms with Crippen LogP contribution in [-0.2, 0) is 33.8 Å². The lowest BCUT2D eigenvalue weighted by molar-refractivity contribution is -0.457. The maximum absolute atomic E-state index is 15.3. The van der Waals surface area contributed by atoms with Crippen molar-refractivity contribution in [2.45, 2.75) is 140 Å². The Morgan fingerprint density at radius 1 is 0.729 bits per heavy atom. The Labute approximate surface area is 408 Å². The van der Waals surface area contributed by atoms with Gasteiger partial charge in [0.25, 0.3) is 0 Å². The minimum absolute atomic E-state index is 0.0327. The molecule has 0 unspecified atom stereocenters. The van der Waals surface area contributed by atoms with Gasteiger partial charge in [-0.2, -0.15) is 39.5 Å². The number of rotatable bonds is 28. The molecule has 3 aliphatic rings. The first-order valence-corrected chi connectivity index (χ1v) is 26.3. The standard InChI is InChI=1S/C48H64F13NO6S2/c1-44-17-16-34-33-13-11-32(25-31(33)10-12-35(34)38(44)14-15-39(44)66-20-8-21-68-45(46(53,54)55,47(56,57)58)48(59,60)61)67-29-37-42(51)40(49)36(41(50)43(37)52)26-62(2)18-5-3-4-6-23-69-70-24-22-65-19-7-9-30(27-63)28-64/h11,13,25,30,34-35,38-39,63-64H,3-10,12,14-24,26-29H2,1-2H3/t34-,35-,38+,39+,44+/m1/s1. The van der Waals surface area contributed by atoms with E-state index in [1.807, 2.05) is 13.0 Å². The van der Waals surface area contributed by atoms with Crippen molar-refractivity contribution in [2.24, 2.45) is 23.2 Å². The number of halogens is 13. The van der Waals surface area contributed by atoms with Crippen LogP contribution < -0.4 is 4.74 Å². The minimum Gasteiger partial charge on any atom is -0.489 e. The van der Waals surface area contributed by atoms with Gasteiger partial charge in [-0.1, -0.05) is 47.4 Å². The highest BCUT2D eigenvalue weighted by Gasteiger charge is 2.85. The van der Waals surface area contributed by atoms with Gasteiger partial charge in [0.15, 0.2) is 23.3 Å². The van der Waals surface area contributed by atoms with E-state index in [-0.39, 0.29) is 49.2 Å². The van der Waals surface area contributed by atoms with Crippen LogP contribution in [0.25, 0.3) is 0 Å². The molecule has 70 heavy (non-hydrogen) atoms. The molecule has 7 nitrogen and oxygen atoms in total. The lowest BCUT2D eigenvalue weighted by Gasteiger charge is -2.50. The largest absolute Gasteiger partial charge is 0.489 e. The summed E-state index contributed by atoms with van der Waals surface area (Å²) in [5, 5.41) is 18.2. The van der Waals surface area contributed by atoms with Crippen molar-refractivity contribution in [3.05, 3.63) is 63.7 Å². The maximum atomic E-state index is 15.3. The van der Waals surface area contributed by atoms with E-state index in [1.54, 1.807) is 45.7 Å². The molecule has 0 spiro atoms. The summed E-state index contributed by atoms with van der Waals surface area (Å²) in [7, 11) is 5.11. The fourth-order valence-electron chi connectivity index (χ4n) is 10.5. The van der Waals surface area contributed by atoms with E-state index < -0.39 is 96.3 Å². The fraction of sp³-hybridized carbons (Fsp3) is 0.750. The zero-order valence-corrected chi connectivity index (χ0v) is 40.9. The highest BCUT2D eigenvalue weighted by Crippen LogP contribution is 2.62. The molecule has 5 rings (SSSR count). The molecule has 0 aliphatic heterocycles. The van der Waals surface area contributed by atoms with E-state index in [0.717, 1.165) is 74.0 Å². The maximum Gasteiger partial charge on any atom is 0.435 e. The van der Waals surface area contributed by atoms with E-state index >= 15 is 17.6 Å². The van der Waals surface area contributed by atoms with Crippen LogP contribution in [0.3, 0.4) is 0 Å². The Kier molecular flexibility index (Phi) is 21.7. The Morgan fingerprint density at radius 3 is 2.03 bits per heavy atom. The summed E-state index contributed by atoms with van der Waals surface area (Å²) in [4.78, 5) is 1.62. The molecule has 2 aromatic rings. The van der Waals surface area contributed by atoms with E-state index in [1.165, 1.54) is 0 Å². The number of hydrogen-bond donors (Lipinski definition) is 2. The molecule has 2 saturated carbocycles. The number of unbranched alkanes of at least 4 members (excludes halogenated alkanes) is 3. The smallest absolute Gasteiger partial charge is 0.435 e. The highest BCUT2D eigenvalue weighted by molar-refractivity contribution is 8.76. The molecule has 0 amide bonds. The lowest BCUT2D eigenvalue weighted by atomic mass is 9.55. The highest BCUT2D eigenvalue weighted by atomic mass is 33.1. The lowest BCUT2D eigenvalue weighted by Crippen LogP contribution is -2.67. The van der Waals surface area contributed by atoms with Gasteiger partial charge in [0.05, 0.1) is 24.9 Å². The van der Waals surface area contributed by atoms with E-state index in [0.29, 0.717) is 45.4 Å².